The molecule has 3 amide bonds. The average Bonchev–Trinajstić information content (AvgIpc) is 3.51. The molecule has 0 bridgehead atoms. The summed E-state index contributed by atoms with van der Waals surface area (Å²) in [4.78, 5) is 42.1. The van der Waals surface area contributed by atoms with Gasteiger partial charge in [-0.05, 0) is 106 Å². The Kier molecular flexibility index (Phi) is 9.57. The highest BCUT2D eigenvalue weighted by Gasteiger charge is 2.39. The van der Waals surface area contributed by atoms with Crippen LogP contribution in [0.4, 0.5) is 9.59 Å². The quantitative estimate of drug-likeness (QED) is 0.385. The summed E-state index contributed by atoms with van der Waals surface area (Å²) in [5, 5.41) is 3.22. The summed E-state index contributed by atoms with van der Waals surface area (Å²) in [6.45, 7) is 2.59. The largest absolute Gasteiger partial charge is 0.457 e. The monoisotopic (exact) mass is 603 g/mol. The van der Waals surface area contributed by atoms with E-state index in [0.717, 1.165) is 57.4 Å². The minimum Gasteiger partial charge on any atom is -0.457 e. The summed E-state index contributed by atoms with van der Waals surface area (Å²) in [7, 11) is 0. The molecule has 4 fully saturated rings. The van der Waals surface area contributed by atoms with Crippen molar-refractivity contribution in [1.82, 2.24) is 15.1 Å². The molecule has 1 N–H and O–H groups in total. The molecule has 2 heterocycles. The minimum absolute atomic E-state index is 0.0571. The van der Waals surface area contributed by atoms with Gasteiger partial charge in [0.25, 0.3) is 0 Å². The number of likely N-dealkylation sites (tertiary alicyclic amines) is 2. The summed E-state index contributed by atoms with van der Waals surface area (Å²) >= 11 is 0. The van der Waals surface area contributed by atoms with Crippen LogP contribution >= 0.6 is 0 Å². The van der Waals surface area contributed by atoms with Crippen molar-refractivity contribution in [2.45, 2.75) is 89.2 Å². The topological polar surface area (TPSA) is 97.4 Å². The molecular weight excluding hydrogens is 558 g/mol. The summed E-state index contributed by atoms with van der Waals surface area (Å²) < 4.78 is 17.2. The zero-order valence-corrected chi connectivity index (χ0v) is 25.6. The van der Waals surface area contributed by atoms with E-state index in [1.165, 1.54) is 25.7 Å². The van der Waals surface area contributed by atoms with Crippen LogP contribution in [0.1, 0.15) is 77.0 Å². The highest BCUT2D eigenvalue weighted by atomic mass is 16.6. The Bertz CT molecular complexity index is 1250. The van der Waals surface area contributed by atoms with Crippen LogP contribution in [0.5, 0.6) is 17.2 Å². The van der Waals surface area contributed by atoms with Gasteiger partial charge < -0.3 is 29.3 Å². The number of ether oxygens (including phenoxy) is 3. The molecule has 9 nitrogen and oxygen atoms in total. The molecule has 1 spiro atoms. The second kappa shape index (κ2) is 13.9. The highest BCUT2D eigenvalue weighted by Crippen LogP contribution is 2.46. The number of rotatable bonds is 6. The molecule has 6 rings (SSSR count). The molecule has 2 saturated carbocycles. The average molecular weight is 604 g/mol. The van der Waals surface area contributed by atoms with Crippen molar-refractivity contribution >= 4 is 18.1 Å². The van der Waals surface area contributed by atoms with Gasteiger partial charge in [0.15, 0.2) is 0 Å². The van der Waals surface area contributed by atoms with E-state index >= 15 is 0 Å². The van der Waals surface area contributed by atoms with Crippen molar-refractivity contribution in [2.75, 3.05) is 26.2 Å². The Hall–Kier alpha value is -3.75. The van der Waals surface area contributed by atoms with Crippen LogP contribution < -0.4 is 14.8 Å². The maximum atomic E-state index is 13.0. The molecule has 2 aromatic rings. The standard InChI is InChI=1S/C35H45N3O6/c39-32(36-27-8-10-30(11-9-27)43-34(41)38-24-20-35(21-25-38)18-4-5-19-35)26-16-22-37(23-17-26)33(40)44-31-14-12-29(13-15-31)42-28-6-2-1-3-7-28/h1-3,6-7,12-15,26-27,30H,4-5,8-11,16-25H2,(H,36,39). The van der Waals surface area contributed by atoms with Crippen molar-refractivity contribution in [3.8, 4) is 17.2 Å². The van der Waals surface area contributed by atoms with E-state index in [0.29, 0.717) is 42.8 Å². The normalized spacial score (nSPS) is 23.6. The van der Waals surface area contributed by atoms with E-state index in [2.05, 4.69) is 5.32 Å². The van der Waals surface area contributed by atoms with Gasteiger partial charge in [-0.2, -0.15) is 0 Å². The number of nitrogens with zero attached hydrogens (tertiary/aromatic N) is 2. The Morgan fingerprint density at radius 1 is 0.659 bits per heavy atom. The molecule has 2 aliphatic heterocycles. The van der Waals surface area contributed by atoms with Gasteiger partial charge in [0.1, 0.15) is 23.4 Å². The van der Waals surface area contributed by atoms with Gasteiger partial charge in [-0.15, -0.1) is 0 Å². The second-order valence-corrected chi connectivity index (χ2v) is 13.1. The first-order valence-corrected chi connectivity index (χ1v) is 16.5. The maximum Gasteiger partial charge on any atom is 0.415 e. The third-order valence-corrected chi connectivity index (χ3v) is 10.2. The van der Waals surface area contributed by atoms with E-state index in [-0.39, 0.29) is 30.1 Å². The van der Waals surface area contributed by atoms with Crippen molar-refractivity contribution in [1.29, 1.82) is 0 Å². The predicted octanol–water partition coefficient (Wildman–Crippen LogP) is 6.91. The molecule has 2 saturated heterocycles. The minimum atomic E-state index is -0.406. The summed E-state index contributed by atoms with van der Waals surface area (Å²) in [5.74, 6) is 1.78. The van der Waals surface area contributed by atoms with E-state index in [1.807, 2.05) is 35.2 Å². The Labute approximate surface area is 260 Å². The number of hydrogen-bond donors (Lipinski definition) is 1. The molecule has 2 aromatic carbocycles. The number of piperidine rings is 2. The zero-order chi connectivity index (χ0) is 30.4. The fraction of sp³-hybridized carbons (Fsp3) is 0.571. The van der Waals surface area contributed by atoms with Crippen LogP contribution in [0.3, 0.4) is 0 Å². The molecule has 0 aromatic heterocycles. The lowest BCUT2D eigenvalue weighted by atomic mass is 9.77. The van der Waals surface area contributed by atoms with Gasteiger partial charge >= 0.3 is 12.2 Å². The molecule has 4 aliphatic rings. The van der Waals surface area contributed by atoms with E-state index < -0.39 is 6.09 Å². The van der Waals surface area contributed by atoms with Crippen LogP contribution in [0.2, 0.25) is 0 Å². The number of carbonyl (C=O) groups excluding carboxylic acids is 3. The predicted molar refractivity (Wildman–Crippen MR) is 166 cm³/mol. The van der Waals surface area contributed by atoms with Gasteiger partial charge in [0, 0.05) is 38.1 Å². The lowest BCUT2D eigenvalue weighted by Gasteiger charge is -2.39. The molecule has 44 heavy (non-hydrogen) atoms. The third-order valence-electron chi connectivity index (χ3n) is 10.2. The number of nitrogens with one attached hydrogen (secondary N) is 1. The fourth-order valence-electron chi connectivity index (χ4n) is 7.34. The number of benzene rings is 2. The summed E-state index contributed by atoms with van der Waals surface area (Å²) in [6, 6.07) is 16.6. The number of hydrogen-bond acceptors (Lipinski definition) is 6. The van der Waals surface area contributed by atoms with E-state index in [4.69, 9.17) is 14.2 Å². The number of amides is 3. The highest BCUT2D eigenvalue weighted by molar-refractivity contribution is 5.79. The van der Waals surface area contributed by atoms with Crippen LogP contribution in [0, 0.1) is 11.3 Å². The van der Waals surface area contributed by atoms with Crippen LogP contribution in [0.15, 0.2) is 54.6 Å². The first-order chi connectivity index (χ1) is 21.4. The molecule has 236 valence electrons. The fourth-order valence-corrected chi connectivity index (χ4v) is 7.34. The SMILES string of the molecule is O=C(NC1CCC(OC(=O)N2CCC3(CCCC3)CC2)CC1)C1CCN(C(=O)Oc2ccc(Oc3ccccc3)cc2)CC1. The Morgan fingerprint density at radius 3 is 1.91 bits per heavy atom. The van der Waals surface area contributed by atoms with Crippen LogP contribution in [0.25, 0.3) is 0 Å². The lowest BCUT2D eigenvalue weighted by molar-refractivity contribution is -0.127. The van der Waals surface area contributed by atoms with Crippen molar-refractivity contribution in [3.63, 3.8) is 0 Å². The maximum absolute atomic E-state index is 13.0. The van der Waals surface area contributed by atoms with Crippen LogP contribution in [-0.4, -0.2) is 66.2 Å². The van der Waals surface area contributed by atoms with Gasteiger partial charge in [0.2, 0.25) is 5.91 Å². The van der Waals surface area contributed by atoms with Crippen molar-refractivity contribution in [2.24, 2.45) is 11.3 Å². The smallest absolute Gasteiger partial charge is 0.415 e. The van der Waals surface area contributed by atoms with Gasteiger partial charge in [0.05, 0.1) is 0 Å². The van der Waals surface area contributed by atoms with E-state index in [9.17, 15) is 14.4 Å². The molecule has 0 atom stereocenters. The number of carbonyl (C=O) groups is 3. The number of para-hydroxylation sites is 1. The molecule has 9 heteroatoms. The molecule has 2 aliphatic carbocycles. The van der Waals surface area contributed by atoms with Gasteiger partial charge in [-0.25, -0.2) is 9.59 Å². The lowest BCUT2D eigenvalue weighted by Crippen LogP contribution is -2.47. The first-order valence-electron chi connectivity index (χ1n) is 16.5. The van der Waals surface area contributed by atoms with E-state index in [1.54, 1.807) is 29.2 Å². The second-order valence-electron chi connectivity index (χ2n) is 13.1. The van der Waals surface area contributed by atoms with Gasteiger partial charge in [-0.3, -0.25) is 4.79 Å². The third kappa shape index (κ3) is 7.66. The van der Waals surface area contributed by atoms with Crippen molar-refractivity contribution < 1.29 is 28.6 Å². The first kappa shape index (κ1) is 30.3. The molecular formula is C35H45N3O6. The Balaban J connectivity index is 0.865. The summed E-state index contributed by atoms with van der Waals surface area (Å²) in [6.07, 6.45) is 11.3. The van der Waals surface area contributed by atoms with Crippen LogP contribution in [-0.2, 0) is 9.53 Å². The summed E-state index contributed by atoms with van der Waals surface area (Å²) in [5.41, 5.74) is 0.485. The molecule has 0 radical (unpaired) electrons. The van der Waals surface area contributed by atoms with Gasteiger partial charge in [-0.1, -0.05) is 31.0 Å². The zero-order valence-electron chi connectivity index (χ0n) is 25.6. The Morgan fingerprint density at radius 2 is 1.25 bits per heavy atom. The molecule has 0 unspecified atom stereocenters. The van der Waals surface area contributed by atoms with Crippen molar-refractivity contribution in [3.05, 3.63) is 54.6 Å².